The predicted octanol–water partition coefficient (Wildman–Crippen LogP) is 2.74. The van der Waals surface area contributed by atoms with Crippen LogP contribution in [0.3, 0.4) is 0 Å². The summed E-state index contributed by atoms with van der Waals surface area (Å²) in [7, 11) is 3.42. The van der Waals surface area contributed by atoms with Gasteiger partial charge in [0.2, 0.25) is 5.91 Å². The quantitative estimate of drug-likeness (QED) is 0.719. The number of para-hydroxylation sites is 2. The van der Waals surface area contributed by atoms with E-state index in [9.17, 15) is 4.79 Å². The maximum absolute atomic E-state index is 12.6. The van der Waals surface area contributed by atoms with Gasteiger partial charge in [0.25, 0.3) is 0 Å². The molecular formula is C19H22N4O2. The first-order valence-electron chi connectivity index (χ1n) is 8.28. The molecular weight excluding hydrogens is 316 g/mol. The fourth-order valence-electron chi connectivity index (χ4n) is 2.83. The number of fused-ring (bicyclic) bond motifs is 1. The number of H-pyrrole nitrogens is 1. The number of aromatic amines is 1. The number of nitrogens with one attached hydrogen (secondary N) is 1. The third-order valence-electron chi connectivity index (χ3n) is 4.23. The number of carbonyl (C=O) groups is 1. The van der Waals surface area contributed by atoms with E-state index in [1.165, 1.54) is 0 Å². The van der Waals surface area contributed by atoms with Crippen LogP contribution >= 0.6 is 0 Å². The second-order valence-corrected chi connectivity index (χ2v) is 5.93. The van der Waals surface area contributed by atoms with Crippen LogP contribution in [0.1, 0.15) is 24.0 Å². The third-order valence-corrected chi connectivity index (χ3v) is 4.23. The SMILES string of the molecule is COCC(c1ccccn1)N(C)C(=O)CCc1nc2ccccc2[nH]1. The van der Waals surface area contributed by atoms with Crippen molar-refractivity contribution >= 4 is 16.9 Å². The number of carbonyl (C=O) groups excluding carboxylic acids is 1. The number of benzene rings is 1. The Morgan fingerprint density at radius 2 is 2.04 bits per heavy atom. The smallest absolute Gasteiger partial charge is 0.223 e. The van der Waals surface area contributed by atoms with E-state index in [0.717, 1.165) is 22.6 Å². The molecule has 6 nitrogen and oxygen atoms in total. The standard InChI is InChI=1S/C19H22N4O2/c1-23(17(13-25-2)16-9-5-6-12-20-16)19(24)11-10-18-21-14-7-3-4-8-15(14)22-18/h3-9,12,17H,10-11,13H2,1-2H3,(H,21,22). The average Bonchev–Trinajstić information content (AvgIpc) is 3.07. The van der Waals surface area contributed by atoms with Crippen molar-refractivity contribution in [3.63, 3.8) is 0 Å². The average molecular weight is 338 g/mol. The number of hydrogen-bond donors (Lipinski definition) is 1. The largest absolute Gasteiger partial charge is 0.382 e. The van der Waals surface area contributed by atoms with Gasteiger partial charge >= 0.3 is 0 Å². The molecule has 6 heteroatoms. The molecule has 2 aromatic heterocycles. The van der Waals surface area contributed by atoms with E-state index in [1.807, 2.05) is 42.5 Å². The van der Waals surface area contributed by atoms with Crippen LogP contribution in [0.5, 0.6) is 0 Å². The van der Waals surface area contributed by atoms with E-state index in [4.69, 9.17) is 4.74 Å². The van der Waals surface area contributed by atoms with Crippen LogP contribution < -0.4 is 0 Å². The van der Waals surface area contributed by atoms with E-state index < -0.39 is 0 Å². The summed E-state index contributed by atoms with van der Waals surface area (Å²) in [4.78, 5) is 26.5. The van der Waals surface area contributed by atoms with Crippen molar-refractivity contribution in [2.75, 3.05) is 20.8 Å². The number of aromatic nitrogens is 3. The minimum atomic E-state index is -0.200. The lowest BCUT2D eigenvalue weighted by molar-refractivity contribution is -0.133. The Hall–Kier alpha value is -2.73. The molecule has 0 saturated heterocycles. The number of ether oxygens (including phenoxy) is 1. The summed E-state index contributed by atoms with van der Waals surface area (Å²) in [5.74, 6) is 0.859. The molecule has 25 heavy (non-hydrogen) atoms. The number of methoxy groups -OCH3 is 1. The van der Waals surface area contributed by atoms with Gasteiger partial charge in [-0.15, -0.1) is 0 Å². The van der Waals surface area contributed by atoms with Crippen LogP contribution in [-0.4, -0.2) is 46.5 Å². The van der Waals surface area contributed by atoms with Crippen molar-refractivity contribution in [1.29, 1.82) is 0 Å². The lowest BCUT2D eigenvalue weighted by atomic mass is 10.1. The molecule has 0 spiro atoms. The van der Waals surface area contributed by atoms with Gasteiger partial charge in [-0.3, -0.25) is 9.78 Å². The van der Waals surface area contributed by atoms with Crippen molar-refractivity contribution < 1.29 is 9.53 Å². The number of pyridine rings is 1. The minimum Gasteiger partial charge on any atom is -0.382 e. The first-order chi connectivity index (χ1) is 12.2. The third kappa shape index (κ3) is 4.03. The van der Waals surface area contributed by atoms with Gasteiger partial charge in [0, 0.05) is 33.2 Å². The number of rotatable bonds is 7. The summed E-state index contributed by atoms with van der Waals surface area (Å²) in [6, 6.07) is 13.3. The molecule has 2 heterocycles. The molecule has 1 aromatic carbocycles. The van der Waals surface area contributed by atoms with Crippen LogP contribution in [0.4, 0.5) is 0 Å². The molecule has 0 aliphatic carbocycles. The fraction of sp³-hybridized carbons (Fsp3) is 0.316. The van der Waals surface area contributed by atoms with Gasteiger partial charge in [-0.05, 0) is 24.3 Å². The molecule has 1 atom stereocenters. The number of amides is 1. The van der Waals surface area contributed by atoms with Crippen molar-refractivity contribution in [2.24, 2.45) is 0 Å². The summed E-state index contributed by atoms with van der Waals surface area (Å²) in [5.41, 5.74) is 2.73. The predicted molar refractivity (Wildman–Crippen MR) is 96.0 cm³/mol. The zero-order valence-electron chi connectivity index (χ0n) is 14.5. The Kier molecular flexibility index (Phi) is 5.40. The van der Waals surface area contributed by atoms with Gasteiger partial charge in [0.05, 0.1) is 29.4 Å². The Morgan fingerprint density at radius 3 is 2.76 bits per heavy atom. The normalized spacial score (nSPS) is 12.2. The first kappa shape index (κ1) is 17.1. The Morgan fingerprint density at radius 1 is 1.24 bits per heavy atom. The molecule has 0 fully saturated rings. The maximum Gasteiger partial charge on any atom is 0.223 e. The molecule has 1 unspecified atom stereocenters. The number of hydrogen-bond acceptors (Lipinski definition) is 4. The second-order valence-electron chi connectivity index (χ2n) is 5.93. The van der Waals surface area contributed by atoms with Gasteiger partial charge in [-0.1, -0.05) is 18.2 Å². The topological polar surface area (TPSA) is 71.1 Å². The minimum absolute atomic E-state index is 0.0353. The zero-order chi connectivity index (χ0) is 17.6. The maximum atomic E-state index is 12.6. The Balaban J connectivity index is 1.66. The van der Waals surface area contributed by atoms with Gasteiger partial charge < -0.3 is 14.6 Å². The second kappa shape index (κ2) is 7.90. The number of nitrogens with zero attached hydrogens (tertiary/aromatic N) is 3. The van der Waals surface area contributed by atoms with Gasteiger partial charge in [-0.25, -0.2) is 4.98 Å². The molecule has 0 aliphatic rings. The molecule has 3 rings (SSSR count). The zero-order valence-corrected chi connectivity index (χ0v) is 14.5. The molecule has 1 N–H and O–H groups in total. The van der Waals surface area contributed by atoms with E-state index in [0.29, 0.717) is 19.4 Å². The van der Waals surface area contributed by atoms with Gasteiger partial charge in [-0.2, -0.15) is 0 Å². The number of likely N-dealkylation sites (N-methyl/N-ethyl adjacent to an activating group) is 1. The van der Waals surface area contributed by atoms with Crippen molar-refractivity contribution in [1.82, 2.24) is 19.9 Å². The highest BCUT2D eigenvalue weighted by Crippen LogP contribution is 2.19. The van der Waals surface area contributed by atoms with Crippen LogP contribution in [0.2, 0.25) is 0 Å². The lowest BCUT2D eigenvalue weighted by Gasteiger charge is -2.27. The summed E-state index contributed by atoms with van der Waals surface area (Å²) in [5, 5.41) is 0. The van der Waals surface area contributed by atoms with Crippen LogP contribution in [-0.2, 0) is 16.0 Å². The summed E-state index contributed by atoms with van der Waals surface area (Å²) < 4.78 is 5.28. The highest BCUT2D eigenvalue weighted by molar-refractivity contribution is 5.77. The molecule has 0 saturated carbocycles. The molecule has 3 aromatic rings. The number of imidazole rings is 1. The van der Waals surface area contributed by atoms with E-state index in [-0.39, 0.29) is 11.9 Å². The molecule has 0 bridgehead atoms. The van der Waals surface area contributed by atoms with Crippen LogP contribution in [0.25, 0.3) is 11.0 Å². The first-order valence-corrected chi connectivity index (χ1v) is 8.28. The van der Waals surface area contributed by atoms with Gasteiger partial charge in [0.1, 0.15) is 5.82 Å². The monoisotopic (exact) mass is 338 g/mol. The highest BCUT2D eigenvalue weighted by atomic mass is 16.5. The molecule has 1 amide bonds. The highest BCUT2D eigenvalue weighted by Gasteiger charge is 2.22. The molecule has 130 valence electrons. The summed E-state index contributed by atoms with van der Waals surface area (Å²) in [6.07, 6.45) is 2.67. The van der Waals surface area contributed by atoms with Gasteiger partial charge in [0.15, 0.2) is 0 Å². The van der Waals surface area contributed by atoms with Crippen molar-refractivity contribution in [3.05, 3.63) is 60.2 Å². The molecule has 0 aliphatic heterocycles. The van der Waals surface area contributed by atoms with Crippen LogP contribution in [0.15, 0.2) is 48.7 Å². The lowest BCUT2D eigenvalue weighted by Crippen LogP contribution is -2.34. The van der Waals surface area contributed by atoms with E-state index in [1.54, 1.807) is 25.3 Å². The Bertz CT molecular complexity index is 799. The Labute approximate surface area is 146 Å². The van der Waals surface area contributed by atoms with Crippen molar-refractivity contribution in [3.8, 4) is 0 Å². The fourth-order valence-corrected chi connectivity index (χ4v) is 2.83. The summed E-state index contributed by atoms with van der Waals surface area (Å²) in [6.45, 7) is 0.407. The summed E-state index contributed by atoms with van der Waals surface area (Å²) >= 11 is 0. The van der Waals surface area contributed by atoms with Crippen LogP contribution in [0, 0.1) is 0 Å². The van der Waals surface area contributed by atoms with E-state index >= 15 is 0 Å². The van der Waals surface area contributed by atoms with Crippen molar-refractivity contribution in [2.45, 2.75) is 18.9 Å². The molecule has 0 radical (unpaired) electrons. The number of aryl methyl sites for hydroxylation is 1. The van der Waals surface area contributed by atoms with E-state index in [2.05, 4.69) is 15.0 Å².